The number of halogens is 2. The van der Waals surface area contributed by atoms with Crippen LogP contribution >= 0.6 is 23.2 Å². The molecule has 96 valence electrons. The van der Waals surface area contributed by atoms with E-state index in [4.69, 9.17) is 23.2 Å². The zero-order valence-corrected chi connectivity index (χ0v) is 11.7. The molecule has 0 radical (unpaired) electrons. The van der Waals surface area contributed by atoms with Gasteiger partial charge in [0.05, 0.1) is 0 Å². The van der Waals surface area contributed by atoms with Crippen molar-refractivity contribution < 1.29 is 4.79 Å². The van der Waals surface area contributed by atoms with Crippen molar-refractivity contribution in [2.75, 3.05) is 0 Å². The van der Waals surface area contributed by atoms with Gasteiger partial charge in [-0.1, -0.05) is 41.4 Å². The Labute approximate surface area is 122 Å². The van der Waals surface area contributed by atoms with Gasteiger partial charge < -0.3 is 0 Å². The minimum atomic E-state index is -0.0803. The fraction of sp³-hybridized carbons (Fsp3) is 0.188. The Morgan fingerprint density at radius 2 is 1.63 bits per heavy atom. The first-order valence-corrected chi connectivity index (χ1v) is 6.99. The van der Waals surface area contributed by atoms with Crippen LogP contribution in [0.4, 0.5) is 0 Å². The van der Waals surface area contributed by atoms with Gasteiger partial charge in [-0.15, -0.1) is 0 Å². The fourth-order valence-corrected chi connectivity index (χ4v) is 2.93. The molecule has 1 nitrogen and oxygen atoms in total. The molecule has 0 aliphatic heterocycles. The summed E-state index contributed by atoms with van der Waals surface area (Å²) in [7, 11) is 0. The highest BCUT2D eigenvalue weighted by Gasteiger charge is 2.28. The van der Waals surface area contributed by atoms with Crippen LogP contribution in [-0.2, 0) is 6.42 Å². The maximum atomic E-state index is 12.6. The molecule has 0 fully saturated rings. The second kappa shape index (κ2) is 4.99. The molecule has 2 aromatic carbocycles. The van der Waals surface area contributed by atoms with E-state index in [2.05, 4.69) is 0 Å². The van der Waals surface area contributed by atoms with E-state index in [0.29, 0.717) is 10.0 Å². The summed E-state index contributed by atoms with van der Waals surface area (Å²) in [6.07, 6.45) is 1.75. The molecule has 0 saturated carbocycles. The number of ketones is 1. The van der Waals surface area contributed by atoms with Crippen LogP contribution in [0.15, 0.2) is 42.5 Å². The Morgan fingerprint density at radius 3 is 2.37 bits per heavy atom. The van der Waals surface area contributed by atoms with Crippen molar-refractivity contribution in [3.8, 4) is 0 Å². The fourth-order valence-electron chi connectivity index (χ4n) is 2.63. The Bertz CT molecular complexity index is 632. The highest BCUT2D eigenvalue weighted by Crippen LogP contribution is 2.34. The lowest BCUT2D eigenvalue weighted by molar-refractivity contribution is 0.0946. The zero-order chi connectivity index (χ0) is 13.4. The Kier molecular flexibility index (Phi) is 3.34. The van der Waals surface area contributed by atoms with Gasteiger partial charge in [-0.25, -0.2) is 0 Å². The molecule has 1 aliphatic rings. The first kappa shape index (κ1) is 12.7. The third-order valence-corrected chi connectivity index (χ3v) is 4.12. The topological polar surface area (TPSA) is 17.1 Å². The first-order chi connectivity index (χ1) is 9.15. The second-order valence-corrected chi connectivity index (χ2v) is 5.68. The van der Waals surface area contributed by atoms with Crippen molar-refractivity contribution in [2.24, 2.45) is 0 Å². The molecule has 0 unspecified atom stereocenters. The van der Waals surface area contributed by atoms with Crippen LogP contribution in [-0.4, -0.2) is 5.78 Å². The van der Waals surface area contributed by atoms with Gasteiger partial charge in [0.25, 0.3) is 0 Å². The summed E-state index contributed by atoms with van der Waals surface area (Å²) in [6.45, 7) is 0. The largest absolute Gasteiger partial charge is 0.293 e. The highest BCUT2D eigenvalue weighted by atomic mass is 35.5. The van der Waals surface area contributed by atoms with Gasteiger partial charge in [0.15, 0.2) is 5.78 Å². The molecule has 3 heteroatoms. The maximum Gasteiger partial charge on any atom is 0.170 e. The first-order valence-electron chi connectivity index (χ1n) is 6.23. The number of hydrogen-bond acceptors (Lipinski definition) is 1. The summed E-state index contributed by atoms with van der Waals surface area (Å²) in [5, 5.41) is 1.30. The van der Waals surface area contributed by atoms with E-state index < -0.39 is 0 Å². The monoisotopic (exact) mass is 290 g/mol. The predicted octanol–water partition coefficient (Wildman–Crippen LogP) is 4.91. The number of aryl methyl sites for hydroxylation is 1. The minimum absolute atomic E-state index is 0.0803. The third kappa shape index (κ3) is 2.41. The summed E-state index contributed by atoms with van der Waals surface area (Å²) in [6, 6.07) is 13.1. The number of carbonyl (C=O) groups is 1. The van der Waals surface area contributed by atoms with Crippen molar-refractivity contribution in [3.63, 3.8) is 0 Å². The van der Waals surface area contributed by atoms with Gasteiger partial charge in [-0.05, 0) is 48.2 Å². The van der Waals surface area contributed by atoms with Crippen molar-refractivity contribution >= 4 is 29.0 Å². The number of fused-ring (bicyclic) bond motifs is 1. The molecule has 0 heterocycles. The highest BCUT2D eigenvalue weighted by molar-refractivity contribution is 6.31. The quantitative estimate of drug-likeness (QED) is 0.730. The number of benzene rings is 2. The minimum Gasteiger partial charge on any atom is -0.293 e. The van der Waals surface area contributed by atoms with Crippen LogP contribution in [0, 0.1) is 0 Å². The number of carbonyl (C=O) groups excluding carboxylic acids is 1. The van der Waals surface area contributed by atoms with E-state index in [1.165, 1.54) is 0 Å². The van der Waals surface area contributed by atoms with Gasteiger partial charge in [0, 0.05) is 21.5 Å². The smallest absolute Gasteiger partial charge is 0.170 e. The molecule has 3 rings (SSSR count). The Hall–Kier alpha value is -1.31. The lowest BCUT2D eigenvalue weighted by Crippen LogP contribution is -2.20. The molecular weight excluding hydrogens is 279 g/mol. The van der Waals surface area contributed by atoms with E-state index >= 15 is 0 Å². The average molecular weight is 291 g/mol. The molecule has 0 N–H and O–H groups in total. The summed E-state index contributed by atoms with van der Waals surface area (Å²) in [4.78, 5) is 12.6. The summed E-state index contributed by atoms with van der Waals surface area (Å²) < 4.78 is 0. The number of hydrogen-bond donors (Lipinski definition) is 0. The normalized spacial score (nSPS) is 18.2. The van der Waals surface area contributed by atoms with E-state index in [0.717, 1.165) is 29.5 Å². The van der Waals surface area contributed by atoms with Crippen LogP contribution in [0.5, 0.6) is 0 Å². The predicted molar refractivity (Wildman–Crippen MR) is 78.3 cm³/mol. The van der Waals surface area contributed by atoms with Gasteiger partial charge in [-0.2, -0.15) is 0 Å². The SMILES string of the molecule is O=C1c2cc(Cl)ccc2CC[C@@H]1c1ccc(Cl)cc1. The molecule has 19 heavy (non-hydrogen) atoms. The Morgan fingerprint density at radius 1 is 0.947 bits per heavy atom. The van der Waals surface area contributed by atoms with Crippen molar-refractivity contribution in [1.29, 1.82) is 0 Å². The van der Waals surface area contributed by atoms with Crippen LogP contribution in [0.3, 0.4) is 0 Å². The van der Waals surface area contributed by atoms with Gasteiger partial charge in [0.1, 0.15) is 0 Å². The van der Waals surface area contributed by atoms with E-state index in [1.54, 1.807) is 6.07 Å². The Balaban J connectivity index is 1.99. The standard InChI is InChI=1S/C16H12Cl2O/c17-12-5-1-10(2-6-12)14-8-4-11-3-7-13(18)9-15(11)16(14)19/h1-3,5-7,9,14H,4,8H2/t14-/m1/s1. The number of rotatable bonds is 1. The third-order valence-electron chi connectivity index (χ3n) is 3.63. The van der Waals surface area contributed by atoms with Gasteiger partial charge in [-0.3, -0.25) is 4.79 Å². The zero-order valence-electron chi connectivity index (χ0n) is 10.2. The molecule has 0 bridgehead atoms. The van der Waals surface area contributed by atoms with Crippen LogP contribution < -0.4 is 0 Å². The molecule has 1 aliphatic carbocycles. The maximum absolute atomic E-state index is 12.6. The molecule has 0 saturated heterocycles. The molecule has 0 amide bonds. The van der Waals surface area contributed by atoms with Crippen molar-refractivity contribution in [1.82, 2.24) is 0 Å². The second-order valence-electron chi connectivity index (χ2n) is 4.81. The average Bonchev–Trinajstić information content (AvgIpc) is 2.41. The lowest BCUT2D eigenvalue weighted by Gasteiger charge is -2.23. The van der Waals surface area contributed by atoms with Crippen LogP contribution in [0.25, 0.3) is 0 Å². The van der Waals surface area contributed by atoms with Crippen molar-refractivity contribution in [2.45, 2.75) is 18.8 Å². The van der Waals surface area contributed by atoms with E-state index in [-0.39, 0.29) is 11.7 Å². The summed E-state index contributed by atoms with van der Waals surface area (Å²) in [5.41, 5.74) is 2.89. The molecule has 0 aromatic heterocycles. The molecule has 2 aromatic rings. The van der Waals surface area contributed by atoms with Crippen molar-refractivity contribution in [3.05, 3.63) is 69.2 Å². The summed E-state index contributed by atoms with van der Waals surface area (Å²) >= 11 is 11.9. The van der Waals surface area contributed by atoms with E-state index in [9.17, 15) is 4.79 Å². The van der Waals surface area contributed by atoms with Crippen LogP contribution in [0.1, 0.15) is 33.8 Å². The number of Topliss-reactive ketones (excluding diaryl/α,β-unsaturated/α-hetero) is 1. The van der Waals surface area contributed by atoms with Gasteiger partial charge >= 0.3 is 0 Å². The molecule has 0 spiro atoms. The summed E-state index contributed by atoms with van der Waals surface area (Å²) in [5.74, 6) is 0.0781. The molecule has 1 atom stereocenters. The van der Waals surface area contributed by atoms with Crippen LogP contribution in [0.2, 0.25) is 10.0 Å². The lowest BCUT2D eigenvalue weighted by atomic mass is 9.79. The van der Waals surface area contributed by atoms with E-state index in [1.807, 2.05) is 36.4 Å². The molecular formula is C16H12Cl2O. The van der Waals surface area contributed by atoms with Gasteiger partial charge in [0.2, 0.25) is 0 Å².